The van der Waals surface area contributed by atoms with Crippen LogP contribution in [0.3, 0.4) is 0 Å². The highest BCUT2D eigenvalue weighted by Gasteiger charge is 2.33. The predicted molar refractivity (Wildman–Crippen MR) is 83.0 cm³/mol. The third-order valence-corrected chi connectivity index (χ3v) is 4.16. The Morgan fingerprint density at radius 3 is 2.86 bits per heavy atom. The van der Waals surface area contributed by atoms with Crippen LogP contribution in [0, 0.1) is 0 Å². The van der Waals surface area contributed by atoms with Gasteiger partial charge in [0.2, 0.25) is 0 Å². The maximum Gasteiger partial charge on any atom is 0.326 e. The minimum absolute atomic E-state index is 0.220. The van der Waals surface area contributed by atoms with Gasteiger partial charge in [0.15, 0.2) is 0 Å². The van der Waals surface area contributed by atoms with Crippen molar-refractivity contribution in [3.8, 4) is 0 Å². The third kappa shape index (κ3) is 3.97. The summed E-state index contributed by atoms with van der Waals surface area (Å²) in [7, 11) is 1.71. The van der Waals surface area contributed by atoms with Crippen molar-refractivity contribution in [3.63, 3.8) is 0 Å². The van der Waals surface area contributed by atoms with Crippen molar-refractivity contribution in [3.05, 3.63) is 34.3 Å². The van der Waals surface area contributed by atoms with Crippen LogP contribution in [0.25, 0.3) is 0 Å². The molecule has 1 unspecified atom stereocenters. The summed E-state index contributed by atoms with van der Waals surface area (Å²) in [6.45, 7) is 0.972. The number of carboxylic acids is 1. The van der Waals surface area contributed by atoms with Crippen molar-refractivity contribution in [2.45, 2.75) is 31.8 Å². The first-order chi connectivity index (χ1) is 9.99. The van der Waals surface area contributed by atoms with Gasteiger partial charge in [-0.2, -0.15) is 0 Å². The lowest BCUT2D eigenvalue weighted by Crippen LogP contribution is -2.52. The molecule has 0 radical (unpaired) electrons. The van der Waals surface area contributed by atoms with Crippen LogP contribution in [0.15, 0.2) is 28.7 Å². The number of halogens is 1. The van der Waals surface area contributed by atoms with Gasteiger partial charge < -0.3 is 14.9 Å². The van der Waals surface area contributed by atoms with E-state index in [-0.39, 0.29) is 6.03 Å². The normalized spacial score (nSPS) is 18.4. The predicted octanol–water partition coefficient (Wildman–Crippen LogP) is 2.94. The zero-order chi connectivity index (χ0) is 15.4. The molecule has 1 saturated heterocycles. The molecule has 0 spiro atoms. The van der Waals surface area contributed by atoms with Crippen molar-refractivity contribution in [2.75, 3.05) is 13.6 Å². The Hall–Kier alpha value is -1.56. The van der Waals surface area contributed by atoms with E-state index in [2.05, 4.69) is 15.9 Å². The number of piperidine rings is 1. The van der Waals surface area contributed by atoms with Gasteiger partial charge in [0.25, 0.3) is 0 Å². The van der Waals surface area contributed by atoms with Crippen molar-refractivity contribution in [2.24, 2.45) is 0 Å². The zero-order valence-corrected chi connectivity index (χ0v) is 13.5. The third-order valence-electron chi connectivity index (χ3n) is 3.67. The summed E-state index contributed by atoms with van der Waals surface area (Å²) in [5.74, 6) is -0.918. The number of benzene rings is 1. The quantitative estimate of drug-likeness (QED) is 0.907. The molecule has 1 N–H and O–H groups in total. The van der Waals surface area contributed by atoms with E-state index in [4.69, 9.17) is 0 Å². The van der Waals surface area contributed by atoms with Gasteiger partial charge in [0, 0.05) is 24.6 Å². The number of amides is 2. The first-order valence-corrected chi connectivity index (χ1v) is 7.77. The molecule has 0 bridgehead atoms. The molecule has 0 aliphatic carbocycles. The van der Waals surface area contributed by atoms with E-state index in [1.165, 1.54) is 4.90 Å². The molecule has 1 aliphatic rings. The summed E-state index contributed by atoms with van der Waals surface area (Å²) in [6.07, 6.45) is 2.25. The van der Waals surface area contributed by atoms with Gasteiger partial charge in [-0.05, 0) is 37.0 Å². The van der Waals surface area contributed by atoms with Crippen molar-refractivity contribution in [1.82, 2.24) is 9.80 Å². The summed E-state index contributed by atoms with van der Waals surface area (Å²) in [5.41, 5.74) is 1.00. The largest absolute Gasteiger partial charge is 0.480 e. The molecule has 6 heteroatoms. The lowest BCUT2D eigenvalue weighted by molar-refractivity contribution is -0.143. The number of nitrogens with zero attached hydrogens (tertiary/aromatic N) is 2. The number of carbonyl (C=O) groups excluding carboxylic acids is 1. The number of carbonyl (C=O) groups is 2. The molecule has 5 nitrogen and oxygen atoms in total. The number of urea groups is 1. The van der Waals surface area contributed by atoms with Gasteiger partial charge in [-0.3, -0.25) is 0 Å². The van der Waals surface area contributed by atoms with Crippen LogP contribution in [0.5, 0.6) is 0 Å². The van der Waals surface area contributed by atoms with Gasteiger partial charge in [0.05, 0.1) is 0 Å². The second-order valence-electron chi connectivity index (χ2n) is 5.31. The lowest BCUT2D eigenvalue weighted by Gasteiger charge is -2.35. The van der Waals surface area contributed by atoms with Crippen LogP contribution in [0.2, 0.25) is 0 Å². The highest BCUT2D eigenvalue weighted by atomic mass is 79.9. The minimum Gasteiger partial charge on any atom is -0.480 e. The number of carboxylic acid groups (broad SMARTS) is 1. The first kappa shape index (κ1) is 15.8. The van der Waals surface area contributed by atoms with Crippen molar-refractivity contribution in [1.29, 1.82) is 0 Å². The number of hydrogen-bond acceptors (Lipinski definition) is 2. The maximum absolute atomic E-state index is 12.5. The summed E-state index contributed by atoms with van der Waals surface area (Å²) in [6, 6.07) is 6.82. The SMILES string of the molecule is CN(Cc1cccc(Br)c1)C(=O)N1CCCCC1C(=O)O. The summed E-state index contributed by atoms with van der Waals surface area (Å²) < 4.78 is 0.960. The van der Waals surface area contributed by atoms with Crippen LogP contribution in [-0.2, 0) is 11.3 Å². The fourth-order valence-corrected chi connectivity index (χ4v) is 3.06. The summed E-state index contributed by atoms with van der Waals surface area (Å²) >= 11 is 3.40. The van der Waals surface area contributed by atoms with E-state index in [1.807, 2.05) is 24.3 Å². The Morgan fingerprint density at radius 1 is 1.43 bits per heavy atom. The smallest absolute Gasteiger partial charge is 0.326 e. The van der Waals surface area contributed by atoms with Crippen LogP contribution in [0.4, 0.5) is 4.79 Å². The molecule has 1 aliphatic heterocycles. The van der Waals surface area contributed by atoms with E-state index in [0.29, 0.717) is 19.5 Å². The zero-order valence-electron chi connectivity index (χ0n) is 12.0. The molecule has 1 atom stereocenters. The molecule has 114 valence electrons. The minimum atomic E-state index is -0.918. The van der Waals surface area contributed by atoms with Crippen molar-refractivity contribution < 1.29 is 14.7 Å². The Morgan fingerprint density at radius 2 is 2.19 bits per heavy atom. The van der Waals surface area contributed by atoms with Crippen LogP contribution in [-0.4, -0.2) is 46.5 Å². The summed E-state index contributed by atoms with van der Waals surface area (Å²) in [5, 5.41) is 9.25. The van der Waals surface area contributed by atoms with Gasteiger partial charge >= 0.3 is 12.0 Å². The Balaban J connectivity index is 2.05. The number of likely N-dealkylation sites (tertiary alicyclic amines) is 1. The molecule has 2 amide bonds. The van der Waals surface area contributed by atoms with Crippen LogP contribution >= 0.6 is 15.9 Å². The van der Waals surface area contributed by atoms with Crippen LogP contribution in [0.1, 0.15) is 24.8 Å². The Bertz CT molecular complexity index is 535. The second kappa shape index (κ2) is 6.93. The van der Waals surface area contributed by atoms with E-state index >= 15 is 0 Å². The highest BCUT2D eigenvalue weighted by Crippen LogP contribution is 2.20. The van der Waals surface area contributed by atoms with Gasteiger partial charge in [-0.1, -0.05) is 28.1 Å². The Kier molecular flexibility index (Phi) is 5.22. The molecule has 0 aromatic heterocycles. The second-order valence-corrected chi connectivity index (χ2v) is 6.23. The fraction of sp³-hybridized carbons (Fsp3) is 0.467. The van der Waals surface area contributed by atoms with E-state index in [1.54, 1.807) is 11.9 Å². The van der Waals surface area contributed by atoms with Crippen molar-refractivity contribution >= 4 is 27.9 Å². The highest BCUT2D eigenvalue weighted by molar-refractivity contribution is 9.10. The average Bonchev–Trinajstić information content (AvgIpc) is 2.46. The molecular weight excluding hydrogens is 336 g/mol. The van der Waals surface area contributed by atoms with E-state index < -0.39 is 12.0 Å². The van der Waals surface area contributed by atoms with E-state index in [9.17, 15) is 14.7 Å². The number of hydrogen-bond donors (Lipinski definition) is 1. The Labute approximate surface area is 132 Å². The maximum atomic E-state index is 12.5. The fourth-order valence-electron chi connectivity index (χ4n) is 2.61. The molecule has 21 heavy (non-hydrogen) atoms. The molecule has 1 aromatic carbocycles. The van der Waals surface area contributed by atoms with Crippen LogP contribution < -0.4 is 0 Å². The molecule has 2 rings (SSSR count). The topological polar surface area (TPSA) is 60.9 Å². The average molecular weight is 355 g/mol. The van der Waals surface area contributed by atoms with Gasteiger partial charge in [0.1, 0.15) is 6.04 Å². The van der Waals surface area contributed by atoms with E-state index in [0.717, 1.165) is 22.9 Å². The molecule has 1 fully saturated rings. The summed E-state index contributed by atoms with van der Waals surface area (Å²) in [4.78, 5) is 26.8. The molecular formula is C15H19BrN2O3. The lowest BCUT2D eigenvalue weighted by atomic mass is 10.0. The molecule has 1 heterocycles. The standard InChI is InChI=1S/C15H19BrN2O3/c1-17(10-11-5-4-6-12(16)9-11)15(21)18-8-3-2-7-13(18)14(19)20/h4-6,9,13H,2-3,7-8,10H2,1H3,(H,19,20). The monoisotopic (exact) mass is 354 g/mol. The number of aliphatic carboxylic acids is 1. The number of rotatable bonds is 3. The first-order valence-electron chi connectivity index (χ1n) is 6.98. The molecule has 0 saturated carbocycles. The van der Waals surface area contributed by atoms with Gasteiger partial charge in [-0.25, -0.2) is 9.59 Å². The molecule has 1 aromatic rings. The van der Waals surface area contributed by atoms with Gasteiger partial charge in [-0.15, -0.1) is 0 Å².